The van der Waals surface area contributed by atoms with Crippen molar-refractivity contribution in [2.45, 2.75) is 13.3 Å². The zero-order valence-corrected chi connectivity index (χ0v) is 12.3. The number of anilines is 1. The molecule has 0 saturated carbocycles. The molecule has 0 radical (unpaired) electrons. The van der Waals surface area contributed by atoms with Gasteiger partial charge >= 0.3 is 0 Å². The van der Waals surface area contributed by atoms with Crippen molar-refractivity contribution < 1.29 is 13.9 Å². The smallest absolute Gasteiger partial charge is 0.261 e. The third-order valence-corrected chi connectivity index (χ3v) is 3.29. The van der Waals surface area contributed by atoms with Gasteiger partial charge in [0.25, 0.3) is 5.91 Å². The van der Waals surface area contributed by atoms with Gasteiger partial charge in [0, 0.05) is 18.3 Å². The lowest BCUT2D eigenvalue weighted by Crippen LogP contribution is -2.33. The Bertz CT molecular complexity index is 607. The number of hydrogen-bond acceptors (Lipinski definition) is 4. The summed E-state index contributed by atoms with van der Waals surface area (Å²) in [6, 6.07) is 9.11. The average molecular weight is 288 g/mol. The third kappa shape index (κ3) is 3.44. The van der Waals surface area contributed by atoms with Gasteiger partial charge in [-0.3, -0.25) is 4.79 Å². The number of aryl methyl sites for hydroxylation is 1. The van der Waals surface area contributed by atoms with Crippen molar-refractivity contribution in [3.05, 3.63) is 47.9 Å². The van der Waals surface area contributed by atoms with E-state index in [1.165, 1.54) is 6.26 Å². The number of furan rings is 1. The highest BCUT2D eigenvalue weighted by Crippen LogP contribution is 2.24. The first-order valence-corrected chi connectivity index (χ1v) is 6.87. The van der Waals surface area contributed by atoms with Crippen LogP contribution in [0, 0.1) is 6.92 Å². The van der Waals surface area contributed by atoms with Crippen LogP contribution in [-0.4, -0.2) is 26.1 Å². The molecule has 1 aromatic carbocycles. The van der Waals surface area contributed by atoms with Crippen LogP contribution in [0.5, 0.6) is 5.75 Å². The number of ether oxygens (including phenoxy) is 1. The molecule has 0 fully saturated rings. The number of rotatable bonds is 6. The van der Waals surface area contributed by atoms with Crippen molar-refractivity contribution >= 4 is 11.6 Å². The highest BCUT2D eigenvalue weighted by molar-refractivity contribution is 6.06. The number of nitrogens with zero attached hydrogens (tertiary/aromatic N) is 1. The Kier molecular flexibility index (Phi) is 5.00. The molecule has 0 spiro atoms. The summed E-state index contributed by atoms with van der Waals surface area (Å²) in [5.41, 5.74) is 6.93. The summed E-state index contributed by atoms with van der Waals surface area (Å²) in [5.74, 6) is 1.23. The standard InChI is InChI=1S/C16H20N2O3/c1-12-15(7-10-21-12)16(19)18(9-4-8-17)13-5-3-6-14(11-13)20-2/h3,5-7,10-11H,4,8-9,17H2,1-2H3. The van der Waals surface area contributed by atoms with Crippen LogP contribution in [0.3, 0.4) is 0 Å². The minimum Gasteiger partial charge on any atom is -0.497 e. The molecule has 0 saturated heterocycles. The van der Waals surface area contributed by atoms with E-state index in [0.29, 0.717) is 30.2 Å². The maximum atomic E-state index is 12.7. The van der Waals surface area contributed by atoms with E-state index in [1.54, 1.807) is 25.0 Å². The molecule has 112 valence electrons. The summed E-state index contributed by atoms with van der Waals surface area (Å²) >= 11 is 0. The zero-order chi connectivity index (χ0) is 15.2. The number of benzene rings is 1. The first kappa shape index (κ1) is 15.1. The van der Waals surface area contributed by atoms with Gasteiger partial charge < -0.3 is 19.8 Å². The van der Waals surface area contributed by atoms with Crippen molar-refractivity contribution in [1.29, 1.82) is 0 Å². The number of nitrogens with two attached hydrogens (primary N) is 1. The number of carbonyl (C=O) groups excluding carboxylic acids is 1. The lowest BCUT2D eigenvalue weighted by molar-refractivity contribution is 0.0985. The molecule has 2 N–H and O–H groups in total. The van der Waals surface area contributed by atoms with E-state index in [4.69, 9.17) is 14.9 Å². The molecule has 0 bridgehead atoms. The summed E-state index contributed by atoms with van der Waals surface area (Å²) in [4.78, 5) is 14.4. The van der Waals surface area contributed by atoms with Crippen LogP contribution in [0.4, 0.5) is 5.69 Å². The van der Waals surface area contributed by atoms with Crippen molar-refractivity contribution in [3.63, 3.8) is 0 Å². The fraction of sp³-hybridized carbons (Fsp3) is 0.312. The Hall–Kier alpha value is -2.27. The number of methoxy groups -OCH3 is 1. The maximum absolute atomic E-state index is 12.7. The van der Waals surface area contributed by atoms with Crippen LogP contribution in [0.2, 0.25) is 0 Å². The molecule has 0 aliphatic carbocycles. The quantitative estimate of drug-likeness (QED) is 0.887. The molecule has 1 amide bonds. The van der Waals surface area contributed by atoms with Gasteiger partial charge in [0.05, 0.1) is 18.9 Å². The van der Waals surface area contributed by atoms with Crippen LogP contribution in [0.1, 0.15) is 22.5 Å². The van der Waals surface area contributed by atoms with Gasteiger partial charge in [-0.1, -0.05) is 6.07 Å². The molecule has 0 unspecified atom stereocenters. The molecular formula is C16H20N2O3. The lowest BCUT2D eigenvalue weighted by atomic mass is 10.2. The number of amides is 1. The second-order valence-corrected chi connectivity index (χ2v) is 4.69. The second kappa shape index (κ2) is 6.95. The van der Waals surface area contributed by atoms with Crippen LogP contribution in [0.25, 0.3) is 0 Å². The summed E-state index contributed by atoms with van der Waals surface area (Å²) < 4.78 is 10.4. The zero-order valence-electron chi connectivity index (χ0n) is 12.3. The van der Waals surface area contributed by atoms with Gasteiger partial charge in [-0.15, -0.1) is 0 Å². The van der Waals surface area contributed by atoms with E-state index >= 15 is 0 Å². The summed E-state index contributed by atoms with van der Waals surface area (Å²) in [7, 11) is 1.60. The topological polar surface area (TPSA) is 68.7 Å². The van der Waals surface area contributed by atoms with Gasteiger partial charge in [0.1, 0.15) is 11.5 Å². The maximum Gasteiger partial charge on any atom is 0.261 e. The molecule has 5 heteroatoms. The molecule has 2 rings (SSSR count). The van der Waals surface area contributed by atoms with Crippen molar-refractivity contribution in [1.82, 2.24) is 0 Å². The Labute approximate surface area is 124 Å². The molecule has 2 aromatic rings. The molecule has 1 heterocycles. The van der Waals surface area contributed by atoms with Gasteiger partial charge in [0.2, 0.25) is 0 Å². The van der Waals surface area contributed by atoms with Gasteiger partial charge in [-0.05, 0) is 38.1 Å². The molecular weight excluding hydrogens is 268 g/mol. The average Bonchev–Trinajstić information content (AvgIpc) is 2.94. The van der Waals surface area contributed by atoms with Crippen molar-refractivity contribution in [2.75, 3.05) is 25.1 Å². The summed E-state index contributed by atoms with van der Waals surface area (Å²) in [5, 5.41) is 0. The Morgan fingerprint density at radius 3 is 2.81 bits per heavy atom. The van der Waals surface area contributed by atoms with E-state index in [2.05, 4.69) is 0 Å². The Morgan fingerprint density at radius 2 is 2.19 bits per heavy atom. The molecule has 0 aliphatic rings. The summed E-state index contributed by atoms with van der Waals surface area (Å²) in [6.45, 7) is 2.85. The number of hydrogen-bond donors (Lipinski definition) is 1. The largest absolute Gasteiger partial charge is 0.497 e. The van der Waals surface area contributed by atoms with Crippen LogP contribution < -0.4 is 15.4 Å². The van der Waals surface area contributed by atoms with Crippen molar-refractivity contribution in [2.24, 2.45) is 5.73 Å². The first-order chi connectivity index (χ1) is 10.2. The number of carbonyl (C=O) groups is 1. The Morgan fingerprint density at radius 1 is 1.38 bits per heavy atom. The molecule has 1 aromatic heterocycles. The fourth-order valence-corrected chi connectivity index (χ4v) is 2.13. The Balaban J connectivity index is 2.33. The molecule has 5 nitrogen and oxygen atoms in total. The molecule has 0 atom stereocenters. The fourth-order valence-electron chi connectivity index (χ4n) is 2.13. The monoisotopic (exact) mass is 288 g/mol. The van der Waals surface area contributed by atoms with Gasteiger partial charge in [-0.2, -0.15) is 0 Å². The highest BCUT2D eigenvalue weighted by atomic mass is 16.5. The minimum atomic E-state index is -0.0945. The normalized spacial score (nSPS) is 10.4. The van der Waals surface area contributed by atoms with E-state index < -0.39 is 0 Å². The first-order valence-electron chi connectivity index (χ1n) is 6.87. The summed E-state index contributed by atoms with van der Waals surface area (Å²) in [6.07, 6.45) is 2.25. The van der Waals surface area contributed by atoms with E-state index in [9.17, 15) is 4.79 Å². The predicted molar refractivity (Wildman–Crippen MR) is 81.8 cm³/mol. The second-order valence-electron chi connectivity index (χ2n) is 4.69. The molecule has 21 heavy (non-hydrogen) atoms. The lowest BCUT2D eigenvalue weighted by Gasteiger charge is -2.23. The van der Waals surface area contributed by atoms with E-state index in [-0.39, 0.29) is 5.91 Å². The van der Waals surface area contributed by atoms with Gasteiger partial charge in [0.15, 0.2) is 0 Å². The van der Waals surface area contributed by atoms with E-state index in [1.807, 2.05) is 24.3 Å². The SMILES string of the molecule is COc1cccc(N(CCCN)C(=O)c2ccoc2C)c1. The van der Waals surface area contributed by atoms with Crippen LogP contribution in [0.15, 0.2) is 41.0 Å². The predicted octanol–water partition coefficient (Wildman–Crippen LogP) is 2.59. The minimum absolute atomic E-state index is 0.0945. The third-order valence-electron chi connectivity index (χ3n) is 3.29. The van der Waals surface area contributed by atoms with Gasteiger partial charge in [-0.25, -0.2) is 0 Å². The van der Waals surface area contributed by atoms with Crippen LogP contribution in [-0.2, 0) is 0 Å². The van der Waals surface area contributed by atoms with Crippen molar-refractivity contribution in [3.8, 4) is 5.75 Å². The van der Waals surface area contributed by atoms with Crippen LogP contribution >= 0.6 is 0 Å². The molecule has 0 aliphatic heterocycles. The highest BCUT2D eigenvalue weighted by Gasteiger charge is 2.20. The van der Waals surface area contributed by atoms with E-state index in [0.717, 1.165) is 12.1 Å².